The molecule has 4 aromatic carbocycles. The summed E-state index contributed by atoms with van der Waals surface area (Å²) in [5.41, 5.74) is 1.19. The predicted octanol–water partition coefficient (Wildman–Crippen LogP) is 5.81. The van der Waals surface area contributed by atoms with Crippen LogP contribution in [0.2, 0.25) is 0 Å². The van der Waals surface area contributed by atoms with Crippen molar-refractivity contribution in [1.29, 1.82) is 0 Å². The van der Waals surface area contributed by atoms with Crippen molar-refractivity contribution in [3.05, 3.63) is 109 Å². The van der Waals surface area contributed by atoms with Crippen LogP contribution in [-0.4, -0.2) is 0 Å². The summed E-state index contributed by atoms with van der Waals surface area (Å²) in [6.45, 7) is 2.14. The Balaban J connectivity index is 1.83. The molecule has 1 N–H and O–H groups in total. The molecular weight excluding hydrogens is 361 g/mol. The van der Waals surface area contributed by atoms with E-state index < -0.39 is 7.29 Å². The van der Waals surface area contributed by atoms with Gasteiger partial charge in [0.1, 0.15) is 0 Å². The summed E-state index contributed by atoms with van der Waals surface area (Å²) in [7, 11) is -2.99. The molecule has 0 saturated carbocycles. The van der Waals surface area contributed by atoms with Crippen molar-refractivity contribution in [2.45, 2.75) is 19.4 Å². The molecule has 3 heteroatoms. The zero-order valence-electron chi connectivity index (χ0n) is 16.0. The molecule has 0 aliphatic carbocycles. The fraction of sp³-hybridized carbons (Fsp3) is 0.120. The minimum absolute atomic E-state index is 0.0163. The van der Waals surface area contributed by atoms with E-state index in [1.807, 2.05) is 60.7 Å². The molecule has 0 aliphatic heterocycles. The van der Waals surface area contributed by atoms with Crippen molar-refractivity contribution in [3.63, 3.8) is 0 Å². The quantitative estimate of drug-likeness (QED) is 0.424. The topological polar surface area (TPSA) is 29.1 Å². The monoisotopic (exact) mass is 385 g/mol. The summed E-state index contributed by atoms with van der Waals surface area (Å²) in [6, 6.07) is 34.3. The van der Waals surface area contributed by atoms with Crippen LogP contribution in [-0.2, 0) is 4.57 Å². The van der Waals surface area contributed by atoms with Crippen LogP contribution in [0.1, 0.15) is 24.9 Å². The zero-order valence-corrected chi connectivity index (χ0v) is 16.8. The zero-order chi connectivity index (χ0) is 19.4. The SMILES string of the molecule is CC[C@H](NP(=O)(c1ccccc1)c1ccccc1)c1cccc2ccccc12. The van der Waals surface area contributed by atoms with Crippen LogP contribution in [0.25, 0.3) is 10.8 Å². The lowest BCUT2D eigenvalue weighted by molar-refractivity contribution is 0.557. The van der Waals surface area contributed by atoms with Gasteiger partial charge in [-0.1, -0.05) is 85.8 Å². The van der Waals surface area contributed by atoms with Gasteiger partial charge >= 0.3 is 0 Å². The molecule has 0 fully saturated rings. The van der Waals surface area contributed by atoms with Crippen LogP contribution in [0.15, 0.2) is 103 Å². The second-order valence-corrected chi connectivity index (χ2v) is 9.45. The molecule has 0 saturated heterocycles. The molecule has 4 rings (SSSR count). The summed E-state index contributed by atoms with van der Waals surface area (Å²) in [4.78, 5) is 0. The molecule has 28 heavy (non-hydrogen) atoms. The Morgan fingerprint density at radius 3 is 1.86 bits per heavy atom. The third-order valence-electron chi connectivity index (χ3n) is 5.18. The number of hydrogen-bond acceptors (Lipinski definition) is 1. The summed E-state index contributed by atoms with van der Waals surface area (Å²) in [6.07, 6.45) is 0.845. The summed E-state index contributed by atoms with van der Waals surface area (Å²) in [5.74, 6) is 0. The molecule has 1 atom stereocenters. The summed E-state index contributed by atoms with van der Waals surface area (Å²) >= 11 is 0. The van der Waals surface area contributed by atoms with E-state index in [1.165, 1.54) is 16.3 Å². The van der Waals surface area contributed by atoms with Crippen LogP contribution < -0.4 is 15.7 Å². The third-order valence-corrected chi connectivity index (χ3v) is 7.91. The van der Waals surface area contributed by atoms with Crippen molar-refractivity contribution in [2.75, 3.05) is 0 Å². The predicted molar refractivity (Wildman–Crippen MR) is 120 cm³/mol. The largest absolute Gasteiger partial charge is 0.297 e. The molecule has 0 amide bonds. The first-order valence-corrected chi connectivity index (χ1v) is 11.4. The Labute approximate surface area is 166 Å². The molecule has 4 aromatic rings. The Hall–Kier alpha value is -2.67. The van der Waals surface area contributed by atoms with Gasteiger partial charge in [0.15, 0.2) is 0 Å². The van der Waals surface area contributed by atoms with Gasteiger partial charge in [-0.15, -0.1) is 0 Å². The maximum Gasteiger partial charge on any atom is 0.205 e. The van der Waals surface area contributed by atoms with Crippen molar-refractivity contribution < 1.29 is 4.57 Å². The van der Waals surface area contributed by atoms with Gasteiger partial charge in [-0.05, 0) is 47.0 Å². The maximum atomic E-state index is 14.4. The van der Waals surface area contributed by atoms with Crippen LogP contribution in [0.5, 0.6) is 0 Å². The average molecular weight is 385 g/mol. The fourth-order valence-electron chi connectivity index (χ4n) is 3.73. The minimum atomic E-state index is -2.99. The Kier molecular flexibility index (Phi) is 5.43. The number of hydrogen-bond donors (Lipinski definition) is 1. The van der Waals surface area contributed by atoms with Crippen molar-refractivity contribution in [1.82, 2.24) is 5.09 Å². The van der Waals surface area contributed by atoms with Gasteiger partial charge in [0.05, 0.1) is 0 Å². The maximum absolute atomic E-state index is 14.4. The molecule has 0 aromatic heterocycles. The molecule has 2 nitrogen and oxygen atoms in total. The highest BCUT2D eigenvalue weighted by Crippen LogP contribution is 2.43. The van der Waals surface area contributed by atoms with E-state index >= 15 is 0 Å². The van der Waals surface area contributed by atoms with Gasteiger partial charge in [-0.25, -0.2) is 0 Å². The summed E-state index contributed by atoms with van der Waals surface area (Å²) < 4.78 is 14.4. The highest BCUT2D eigenvalue weighted by Gasteiger charge is 2.30. The van der Waals surface area contributed by atoms with Crippen LogP contribution in [0.4, 0.5) is 0 Å². The van der Waals surface area contributed by atoms with E-state index in [9.17, 15) is 4.57 Å². The van der Waals surface area contributed by atoms with Gasteiger partial charge in [0.2, 0.25) is 7.29 Å². The standard InChI is InChI=1S/C25H24NOP/c1-2-25(24-19-11-13-20-12-9-10-18-23(20)24)26-28(27,21-14-5-3-6-15-21)22-16-7-4-8-17-22/h3-19,25H,2H2,1H3,(H,26,27)/t25-/m0/s1. The molecule has 0 heterocycles. The van der Waals surface area contributed by atoms with Crippen molar-refractivity contribution in [3.8, 4) is 0 Å². The number of rotatable bonds is 6. The smallest absolute Gasteiger partial charge is 0.205 e. The number of benzene rings is 4. The molecule has 0 spiro atoms. The number of fused-ring (bicyclic) bond motifs is 1. The lowest BCUT2D eigenvalue weighted by Gasteiger charge is -2.27. The van der Waals surface area contributed by atoms with E-state index in [0.29, 0.717) is 0 Å². The minimum Gasteiger partial charge on any atom is -0.297 e. The molecule has 0 bridgehead atoms. The van der Waals surface area contributed by atoms with E-state index in [4.69, 9.17) is 0 Å². The summed E-state index contributed by atoms with van der Waals surface area (Å²) in [5, 5.41) is 7.65. The van der Waals surface area contributed by atoms with Gasteiger partial charge in [-0.2, -0.15) is 0 Å². The second-order valence-electron chi connectivity index (χ2n) is 6.94. The average Bonchev–Trinajstić information content (AvgIpc) is 2.78. The van der Waals surface area contributed by atoms with E-state index in [2.05, 4.69) is 54.5 Å². The fourth-order valence-corrected chi connectivity index (χ4v) is 6.27. The molecule has 140 valence electrons. The van der Waals surface area contributed by atoms with Crippen molar-refractivity contribution >= 4 is 28.7 Å². The third kappa shape index (κ3) is 3.54. The molecule has 0 aliphatic rings. The Morgan fingerprint density at radius 2 is 1.25 bits per heavy atom. The highest BCUT2D eigenvalue weighted by atomic mass is 31.2. The number of nitrogens with one attached hydrogen (secondary N) is 1. The van der Waals surface area contributed by atoms with Crippen LogP contribution in [0.3, 0.4) is 0 Å². The van der Waals surface area contributed by atoms with E-state index in [1.54, 1.807) is 0 Å². The first-order chi connectivity index (χ1) is 13.7. The molecular formula is C25H24NOP. The Morgan fingerprint density at radius 1 is 0.714 bits per heavy atom. The lowest BCUT2D eigenvalue weighted by Crippen LogP contribution is -2.30. The molecule has 0 unspecified atom stereocenters. The molecule has 0 radical (unpaired) electrons. The normalized spacial score (nSPS) is 12.8. The van der Waals surface area contributed by atoms with Gasteiger partial charge in [-0.3, -0.25) is 9.65 Å². The van der Waals surface area contributed by atoms with Crippen LogP contribution in [0, 0.1) is 0 Å². The second kappa shape index (κ2) is 8.14. The van der Waals surface area contributed by atoms with Gasteiger partial charge in [0.25, 0.3) is 0 Å². The van der Waals surface area contributed by atoms with Crippen molar-refractivity contribution in [2.24, 2.45) is 0 Å². The van der Waals surface area contributed by atoms with Gasteiger partial charge in [0, 0.05) is 16.7 Å². The first-order valence-electron chi connectivity index (χ1n) is 9.69. The van der Waals surface area contributed by atoms with E-state index in [0.717, 1.165) is 17.0 Å². The highest BCUT2D eigenvalue weighted by molar-refractivity contribution is 7.76. The Bertz CT molecular complexity index is 1060. The van der Waals surface area contributed by atoms with Crippen LogP contribution >= 0.6 is 7.29 Å². The first kappa shape index (κ1) is 18.7. The lowest BCUT2D eigenvalue weighted by atomic mass is 9.98. The van der Waals surface area contributed by atoms with Gasteiger partial charge < -0.3 is 0 Å². The van der Waals surface area contributed by atoms with E-state index in [-0.39, 0.29) is 6.04 Å².